The third-order valence-corrected chi connectivity index (χ3v) is 9.86. The van der Waals surface area contributed by atoms with Gasteiger partial charge in [0.05, 0.1) is 5.54 Å². The van der Waals surface area contributed by atoms with E-state index in [0.717, 1.165) is 6.04 Å². The fraction of sp³-hybridized carbons (Fsp3) is 0.679. The van der Waals surface area contributed by atoms with Gasteiger partial charge in [0.2, 0.25) is 5.91 Å². The Balaban J connectivity index is 2.08. The van der Waals surface area contributed by atoms with Crippen molar-refractivity contribution in [3.05, 3.63) is 29.6 Å². The van der Waals surface area contributed by atoms with E-state index in [1.807, 2.05) is 20.8 Å². The predicted octanol–water partition coefficient (Wildman–Crippen LogP) is 5.95. The first kappa shape index (κ1) is 31.4. The largest absolute Gasteiger partial charge is 0.443 e. The van der Waals surface area contributed by atoms with Crippen molar-refractivity contribution in [3.63, 3.8) is 0 Å². The molecule has 2 amide bonds. The van der Waals surface area contributed by atoms with Gasteiger partial charge in [0.25, 0.3) is 0 Å². The summed E-state index contributed by atoms with van der Waals surface area (Å²) in [4.78, 5) is 33.5. The molecule has 0 aromatic heterocycles. The maximum absolute atomic E-state index is 15.3. The Morgan fingerprint density at radius 1 is 1.23 bits per heavy atom. The average Bonchev–Trinajstić information content (AvgIpc) is 3.49. The highest BCUT2D eigenvalue weighted by Crippen LogP contribution is 2.67. The number of anilines is 1. The van der Waals surface area contributed by atoms with Gasteiger partial charge < -0.3 is 20.5 Å². The second-order valence-electron chi connectivity index (χ2n) is 14.0. The van der Waals surface area contributed by atoms with Crippen LogP contribution in [0.1, 0.15) is 60.5 Å². The van der Waals surface area contributed by atoms with Crippen LogP contribution >= 0.6 is 11.8 Å². The molecule has 3 rings (SSSR count). The first-order valence-electron chi connectivity index (χ1n) is 13.4. The van der Waals surface area contributed by atoms with Crippen molar-refractivity contribution in [1.29, 1.82) is 0 Å². The number of thioether (sulfide) groups is 1. The number of aliphatic imine (C=N–C) groups is 1. The fourth-order valence-corrected chi connectivity index (χ4v) is 6.87. The molecule has 1 saturated carbocycles. The number of benzene rings is 1. The molecular formula is C28H45FN4O4SSi. The van der Waals surface area contributed by atoms with E-state index >= 15 is 4.39 Å². The van der Waals surface area contributed by atoms with Gasteiger partial charge >= 0.3 is 6.09 Å². The molecule has 39 heavy (non-hydrogen) atoms. The molecule has 218 valence electrons. The standard InChI is InChI=1S/C28H45FN4O4SSi/c1-25(2,3)31-22(34)28-16-21(28)27(7,19-15-18(30)11-12-20(19)29)32-23(38-28)33(24(35)37-26(4,5)6)17-36-13-14-39(8,9)10/h11-12,15,21H,13-14,16-17,30H2,1-10H3,(H,31,34)/t21-,27+,28-/m0/s1. The van der Waals surface area contributed by atoms with Crippen molar-refractivity contribution in [2.24, 2.45) is 10.9 Å². The van der Waals surface area contributed by atoms with Crippen molar-refractivity contribution in [2.45, 2.75) is 102 Å². The summed E-state index contributed by atoms with van der Waals surface area (Å²) in [6.45, 7) is 20.0. The summed E-state index contributed by atoms with van der Waals surface area (Å²) >= 11 is 1.23. The van der Waals surface area contributed by atoms with Crippen molar-refractivity contribution in [3.8, 4) is 0 Å². The minimum absolute atomic E-state index is 0.0949. The Labute approximate surface area is 237 Å². The van der Waals surface area contributed by atoms with Gasteiger partial charge in [0.15, 0.2) is 5.17 Å². The number of ether oxygens (including phenoxy) is 2. The van der Waals surface area contributed by atoms with Crippen LogP contribution in [0.3, 0.4) is 0 Å². The Hall–Kier alpha value is -2.11. The molecule has 1 fully saturated rings. The zero-order chi connectivity index (χ0) is 29.6. The molecule has 1 heterocycles. The number of nitrogen functional groups attached to an aromatic ring is 1. The van der Waals surface area contributed by atoms with Gasteiger partial charge in [0.1, 0.15) is 22.9 Å². The lowest BCUT2D eigenvalue weighted by molar-refractivity contribution is -0.123. The summed E-state index contributed by atoms with van der Waals surface area (Å²) in [6.07, 6.45) is -0.168. The van der Waals surface area contributed by atoms with E-state index < -0.39 is 41.4 Å². The molecule has 1 aromatic rings. The van der Waals surface area contributed by atoms with Crippen molar-refractivity contribution >= 4 is 42.7 Å². The monoisotopic (exact) mass is 580 g/mol. The summed E-state index contributed by atoms with van der Waals surface area (Å²) in [5.74, 6) is -0.934. The first-order valence-corrected chi connectivity index (χ1v) is 17.9. The van der Waals surface area contributed by atoms with E-state index in [4.69, 9.17) is 20.2 Å². The number of hydrogen-bond donors (Lipinski definition) is 2. The van der Waals surface area contributed by atoms with Crippen LogP contribution in [0, 0.1) is 11.7 Å². The van der Waals surface area contributed by atoms with Crippen molar-refractivity contribution < 1.29 is 23.5 Å². The van der Waals surface area contributed by atoms with Crippen LogP contribution in [0.2, 0.25) is 25.7 Å². The second-order valence-corrected chi connectivity index (χ2v) is 20.9. The number of rotatable bonds is 7. The highest BCUT2D eigenvalue weighted by molar-refractivity contribution is 8.16. The number of amides is 2. The van der Waals surface area contributed by atoms with Gasteiger partial charge in [-0.15, -0.1) is 0 Å². The third kappa shape index (κ3) is 7.55. The minimum atomic E-state index is -1.37. The van der Waals surface area contributed by atoms with E-state index in [0.29, 0.717) is 24.3 Å². The van der Waals surface area contributed by atoms with Crippen LogP contribution < -0.4 is 11.1 Å². The molecule has 0 unspecified atom stereocenters. The summed E-state index contributed by atoms with van der Waals surface area (Å²) in [7, 11) is -1.37. The van der Waals surface area contributed by atoms with Gasteiger partial charge in [0, 0.05) is 37.4 Å². The topological polar surface area (TPSA) is 106 Å². The maximum Gasteiger partial charge on any atom is 0.418 e. The fourth-order valence-electron chi connectivity index (χ4n) is 4.55. The number of carbonyl (C=O) groups excluding carboxylic acids is 2. The third-order valence-electron chi connectivity index (χ3n) is 6.66. The van der Waals surface area contributed by atoms with E-state index in [2.05, 4.69) is 25.0 Å². The molecule has 3 N–H and O–H groups in total. The Bertz CT molecular complexity index is 1140. The van der Waals surface area contributed by atoms with Gasteiger partial charge in [-0.05, 0) is 79.1 Å². The SMILES string of the molecule is CC(C)(C)NC(=O)[C@]12C[C@H]1[C@@](C)(c1cc(N)ccc1F)N=C(N(COCC[Si](C)(C)C)C(=O)OC(C)(C)C)S2. The molecule has 1 aliphatic carbocycles. The van der Waals surface area contributed by atoms with Crippen LogP contribution in [0.25, 0.3) is 0 Å². The number of amidine groups is 1. The number of nitrogens with one attached hydrogen (secondary N) is 1. The van der Waals surface area contributed by atoms with Crippen LogP contribution in [0.5, 0.6) is 0 Å². The lowest BCUT2D eigenvalue weighted by Gasteiger charge is -2.38. The molecular weight excluding hydrogens is 535 g/mol. The Kier molecular flexibility index (Phi) is 8.62. The molecule has 8 nitrogen and oxygen atoms in total. The normalized spacial score (nSPS) is 24.9. The van der Waals surface area contributed by atoms with Crippen molar-refractivity contribution in [1.82, 2.24) is 10.2 Å². The van der Waals surface area contributed by atoms with E-state index in [-0.39, 0.29) is 23.7 Å². The molecule has 1 aromatic carbocycles. The van der Waals surface area contributed by atoms with Gasteiger partial charge in [-0.1, -0.05) is 31.4 Å². The molecule has 0 saturated heterocycles. The summed E-state index contributed by atoms with van der Waals surface area (Å²) < 4.78 is 26.1. The zero-order valence-corrected chi connectivity index (χ0v) is 26.8. The minimum Gasteiger partial charge on any atom is -0.443 e. The number of hydrogen-bond acceptors (Lipinski definition) is 7. The summed E-state index contributed by atoms with van der Waals surface area (Å²) in [5.41, 5.74) is 4.36. The van der Waals surface area contributed by atoms with E-state index in [1.54, 1.807) is 33.8 Å². The second kappa shape index (κ2) is 10.7. The molecule has 3 atom stereocenters. The van der Waals surface area contributed by atoms with Gasteiger partial charge in [-0.25, -0.2) is 14.1 Å². The number of nitrogens with zero attached hydrogens (tertiary/aromatic N) is 2. The molecule has 11 heteroatoms. The first-order chi connectivity index (χ1) is 17.7. The Morgan fingerprint density at radius 2 is 1.87 bits per heavy atom. The number of carbonyl (C=O) groups is 2. The van der Waals surface area contributed by atoms with Gasteiger partial charge in [-0.2, -0.15) is 0 Å². The van der Waals surface area contributed by atoms with Gasteiger partial charge in [-0.3, -0.25) is 9.79 Å². The number of fused-ring (bicyclic) bond motifs is 1. The molecule has 0 bridgehead atoms. The predicted molar refractivity (Wildman–Crippen MR) is 159 cm³/mol. The quantitative estimate of drug-likeness (QED) is 0.179. The zero-order valence-electron chi connectivity index (χ0n) is 25.0. The summed E-state index contributed by atoms with van der Waals surface area (Å²) in [5, 5.41) is 3.35. The smallest absolute Gasteiger partial charge is 0.418 e. The average molecular weight is 581 g/mol. The number of halogens is 1. The highest BCUT2D eigenvalue weighted by atomic mass is 32.2. The molecule has 2 aliphatic rings. The van der Waals surface area contributed by atoms with E-state index in [9.17, 15) is 9.59 Å². The summed E-state index contributed by atoms with van der Waals surface area (Å²) in [6, 6.07) is 5.30. The maximum atomic E-state index is 15.3. The highest BCUT2D eigenvalue weighted by Gasteiger charge is 2.71. The number of nitrogens with two attached hydrogens (primary N) is 1. The van der Waals surface area contributed by atoms with Crippen LogP contribution in [0.4, 0.5) is 14.9 Å². The lowest BCUT2D eigenvalue weighted by atomic mass is 9.85. The van der Waals surface area contributed by atoms with Crippen molar-refractivity contribution in [2.75, 3.05) is 19.1 Å². The van der Waals surface area contributed by atoms with Crippen LogP contribution in [-0.4, -0.2) is 59.4 Å². The van der Waals surface area contributed by atoms with E-state index in [1.165, 1.54) is 28.8 Å². The lowest BCUT2D eigenvalue weighted by Crippen LogP contribution is -2.52. The van der Waals surface area contributed by atoms with Crippen LogP contribution in [-0.2, 0) is 19.8 Å². The molecule has 0 radical (unpaired) electrons. The Morgan fingerprint density at radius 3 is 2.44 bits per heavy atom. The van der Waals surface area contributed by atoms with Crippen LogP contribution in [0.15, 0.2) is 23.2 Å². The molecule has 1 aliphatic heterocycles. The molecule has 0 spiro atoms.